The summed E-state index contributed by atoms with van der Waals surface area (Å²) >= 11 is 7.46. The van der Waals surface area contributed by atoms with Gasteiger partial charge in [-0.05, 0) is 36.8 Å². The Hall–Kier alpha value is -1.98. The fourth-order valence-electron chi connectivity index (χ4n) is 2.28. The van der Waals surface area contributed by atoms with Crippen molar-refractivity contribution in [2.75, 3.05) is 10.6 Å². The summed E-state index contributed by atoms with van der Waals surface area (Å²) < 4.78 is 0. The number of para-hydroxylation sites is 1. The Bertz CT molecular complexity index is 779. The molecule has 3 rings (SSSR count). The molecule has 0 aromatic heterocycles. The quantitative estimate of drug-likeness (QED) is 0.880. The molecular weight excluding hydrogens is 332 g/mol. The number of aryl methyl sites for hydroxylation is 1. The van der Waals surface area contributed by atoms with Crippen molar-refractivity contribution in [3.63, 3.8) is 0 Å². The Kier molecular flexibility index (Phi) is 4.59. The van der Waals surface area contributed by atoms with Gasteiger partial charge in [0.1, 0.15) is 0 Å². The molecule has 0 radical (unpaired) electrons. The zero-order valence-electron chi connectivity index (χ0n) is 12.4. The van der Waals surface area contributed by atoms with Gasteiger partial charge in [0, 0.05) is 22.0 Å². The molecule has 0 unspecified atom stereocenters. The molecule has 2 aromatic carbocycles. The van der Waals surface area contributed by atoms with Crippen molar-refractivity contribution in [1.82, 2.24) is 0 Å². The predicted octanol–water partition coefficient (Wildman–Crippen LogP) is 4.09. The summed E-state index contributed by atoms with van der Waals surface area (Å²) in [6.07, 6.45) is 0.107. The normalized spacial score (nSPS) is 16.4. The Morgan fingerprint density at radius 1 is 1.30 bits per heavy atom. The summed E-state index contributed by atoms with van der Waals surface area (Å²) in [5.74, 6) is -0.359. The number of thioether (sulfide) groups is 1. The highest BCUT2D eigenvalue weighted by Gasteiger charge is 2.28. The van der Waals surface area contributed by atoms with Gasteiger partial charge in [-0.2, -0.15) is 0 Å². The van der Waals surface area contributed by atoms with Crippen molar-refractivity contribution in [1.29, 1.82) is 0 Å². The smallest absolute Gasteiger partial charge is 0.238 e. The molecule has 4 nitrogen and oxygen atoms in total. The van der Waals surface area contributed by atoms with Crippen LogP contribution in [0.2, 0.25) is 5.02 Å². The molecule has 23 heavy (non-hydrogen) atoms. The van der Waals surface area contributed by atoms with E-state index in [1.54, 1.807) is 12.1 Å². The maximum absolute atomic E-state index is 12.2. The number of amides is 2. The van der Waals surface area contributed by atoms with Gasteiger partial charge >= 0.3 is 0 Å². The van der Waals surface area contributed by atoms with Crippen LogP contribution in [0.1, 0.15) is 12.0 Å². The van der Waals surface area contributed by atoms with Crippen molar-refractivity contribution in [3.8, 4) is 0 Å². The summed E-state index contributed by atoms with van der Waals surface area (Å²) in [5.41, 5.74) is 2.38. The van der Waals surface area contributed by atoms with Gasteiger partial charge in [0.25, 0.3) is 0 Å². The molecule has 0 fully saturated rings. The second-order valence-corrected chi connectivity index (χ2v) is 6.96. The summed E-state index contributed by atoms with van der Waals surface area (Å²) in [6.45, 7) is 1.90. The van der Waals surface area contributed by atoms with Crippen molar-refractivity contribution in [2.45, 2.75) is 23.5 Å². The number of anilines is 2. The van der Waals surface area contributed by atoms with Crippen LogP contribution in [0, 0.1) is 6.92 Å². The number of fused-ring (bicyclic) bond motifs is 1. The number of benzene rings is 2. The molecule has 1 aliphatic heterocycles. The number of carbonyl (C=O) groups is 2. The lowest BCUT2D eigenvalue weighted by Crippen LogP contribution is -2.32. The molecule has 0 saturated carbocycles. The molecule has 0 bridgehead atoms. The minimum absolute atomic E-state index is 0.107. The van der Waals surface area contributed by atoms with E-state index in [0.29, 0.717) is 10.7 Å². The van der Waals surface area contributed by atoms with E-state index in [4.69, 9.17) is 11.6 Å². The first-order valence-corrected chi connectivity index (χ1v) is 8.41. The summed E-state index contributed by atoms with van der Waals surface area (Å²) in [4.78, 5) is 25.3. The van der Waals surface area contributed by atoms with E-state index in [-0.39, 0.29) is 18.2 Å². The first-order valence-electron chi connectivity index (χ1n) is 7.15. The predicted molar refractivity (Wildman–Crippen MR) is 94.2 cm³/mol. The van der Waals surface area contributed by atoms with E-state index in [0.717, 1.165) is 16.1 Å². The fourth-order valence-corrected chi connectivity index (χ4v) is 3.57. The standard InChI is InChI=1S/C17H15ClN2O2S/c1-10-6-7-11(8-12(10)18)19-16(21)9-15-17(22)20-13-4-2-3-5-14(13)23-15/h2-8,15H,9H2,1H3,(H,19,21)(H,20,22)/t15-/m1/s1. The lowest BCUT2D eigenvalue weighted by molar-refractivity contribution is -0.120. The molecule has 0 saturated heterocycles. The van der Waals surface area contributed by atoms with Gasteiger partial charge in [-0.3, -0.25) is 9.59 Å². The first-order chi connectivity index (χ1) is 11.0. The average Bonchev–Trinajstić information content (AvgIpc) is 2.51. The van der Waals surface area contributed by atoms with E-state index >= 15 is 0 Å². The lowest BCUT2D eigenvalue weighted by atomic mass is 10.2. The van der Waals surface area contributed by atoms with Gasteiger partial charge < -0.3 is 10.6 Å². The topological polar surface area (TPSA) is 58.2 Å². The molecular formula is C17H15ClN2O2S. The second kappa shape index (κ2) is 6.64. The monoisotopic (exact) mass is 346 g/mol. The Labute approximate surface area is 143 Å². The third-order valence-corrected chi connectivity index (χ3v) is 5.22. The van der Waals surface area contributed by atoms with Gasteiger partial charge in [0.05, 0.1) is 10.9 Å². The molecule has 2 aromatic rings. The highest BCUT2D eigenvalue weighted by Crippen LogP contribution is 2.36. The van der Waals surface area contributed by atoms with Crippen LogP contribution in [-0.4, -0.2) is 17.1 Å². The molecule has 6 heteroatoms. The SMILES string of the molecule is Cc1ccc(NC(=O)C[C@H]2Sc3ccccc3NC2=O)cc1Cl. The van der Waals surface area contributed by atoms with Crippen molar-refractivity contribution in [2.24, 2.45) is 0 Å². The summed E-state index contributed by atoms with van der Waals surface area (Å²) in [6, 6.07) is 12.9. The molecule has 2 amide bonds. The Morgan fingerprint density at radius 2 is 2.09 bits per heavy atom. The van der Waals surface area contributed by atoms with Crippen LogP contribution in [0.3, 0.4) is 0 Å². The minimum Gasteiger partial charge on any atom is -0.326 e. The largest absolute Gasteiger partial charge is 0.326 e. The van der Waals surface area contributed by atoms with Gasteiger partial charge in [0.2, 0.25) is 11.8 Å². The maximum Gasteiger partial charge on any atom is 0.238 e. The molecule has 1 atom stereocenters. The van der Waals surface area contributed by atoms with Crippen molar-refractivity contribution in [3.05, 3.63) is 53.1 Å². The van der Waals surface area contributed by atoms with Crippen molar-refractivity contribution < 1.29 is 9.59 Å². The molecule has 1 aliphatic rings. The average molecular weight is 347 g/mol. The molecule has 1 heterocycles. The van der Waals surface area contributed by atoms with E-state index in [2.05, 4.69) is 10.6 Å². The molecule has 2 N–H and O–H groups in total. The van der Waals surface area contributed by atoms with E-state index in [1.165, 1.54) is 11.8 Å². The molecule has 0 spiro atoms. The van der Waals surface area contributed by atoms with Crippen LogP contribution in [0.15, 0.2) is 47.4 Å². The van der Waals surface area contributed by atoms with Crippen LogP contribution in [0.25, 0.3) is 0 Å². The Balaban J connectivity index is 1.66. The first kappa shape index (κ1) is 15.9. The highest BCUT2D eigenvalue weighted by molar-refractivity contribution is 8.01. The fraction of sp³-hybridized carbons (Fsp3) is 0.176. The molecule has 118 valence electrons. The van der Waals surface area contributed by atoms with Crippen molar-refractivity contribution >= 4 is 46.6 Å². The van der Waals surface area contributed by atoms with Crippen LogP contribution in [-0.2, 0) is 9.59 Å². The van der Waals surface area contributed by atoms with Gasteiger partial charge in [-0.25, -0.2) is 0 Å². The van der Waals surface area contributed by atoms with E-state index in [1.807, 2.05) is 37.3 Å². The number of carbonyl (C=O) groups excluding carboxylic acids is 2. The molecule has 0 aliphatic carbocycles. The number of hydrogen-bond donors (Lipinski definition) is 2. The van der Waals surface area contributed by atoms with E-state index < -0.39 is 5.25 Å². The van der Waals surface area contributed by atoms with Crippen LogP contribution in [0.5, 0.6) is 0 Å². The summed E-state index contributed by atoms with van der Waals surface area (Å²) in [7, 11) is 0. The highest BCUT2D eigenvalue weighted by atomic mass is 35.5. The second-order valence-electron chi connectivity index (χ2n) is 5.31. The summed E-state index contributed by atoms with van der Waals surface area (Å²) in [5, 5.41) is 5.78. The number of halogens is 1. The maximum atomic E-state index is 12.2. The van der Waals surface area contributed by atoms with Crippen LogP contribution >= 0.6 is 23.4 Å². The lowest BCUT2D eigenvalue weighted by Gasteiger charge is -2.23. The number of hydrogen-bond acceptors (Lipinski definition) is 3. The van der Waals surface area contributed by atoms with Gasteiger partial charge in [-0.15, -0.1) is 11.8 Å². The number of rotatable bonds is 3. The zero-order chi connectivity index (χ0) is 16.4. The number of nitrogens with one attached hydrogen (secondary N) is 2. The van der Waals surface area contributed by atoms with E-state index in [9.17, 15) is 9.59 Å². The third kappa shape index (κ3) is 3.68. The third-order valence-electron chi connectivity index (χ3n) is 3.53. The Morgan fingerprint density at radius 3 is 2.87 bits per heavy atom. The van der Waals surface area contributed by atoms with Gasteiger partial charge in [0.15, 0.2) is 0 Å². The minimum atomic E-state index is -0.439. The zero-order valence-corrected chi connectivity index (χ0v) is 14.0. The van der Waals surface area contributed by atoms with Crippen LogP contribution in [0.4, 0.5) is 11.4 Å². The van der Waals surface area contributed by atoms with Gasteiger partial charge in [-0.1, -0.05) is 29.8 Å². The van der Waals surface area contributed by atoms with Crippen LogP contribution < -0.4 is 10.6 Å².